The molecule has 20 heavy (non-hydrogen) atoms. The number of nitrogens with one attached hydrogen (secondary N) is 1. The van der Waals surface area contributed by atoms with Gasteiger partial charge in [0.2, 0.25) is 5.91 Å². The highest BCUT2D eigenvalue weighted by Gasteiger charge is 2.22. The molecular formula is C12H17BN2O5. The lowest BCUT2D eigenvalue weighted by atomic mass is 9.80. The number of carboxylic acids is 1. The van der Waals surface area contributed by atoms with Gasteiger partial charge in [-0.1, -0.05) is 24.3 Å². The van der Waals surface area contributed by atoms with Crippen LogP contribution < -0.4 is 16.5 Å². The molecule has 0 heterocycles. The maximum atomic E-state index is 11.4. The average Bonchev–Trinajstić information content (AvgIpc) is 2.38. The van der Waals surface area contributed by atoms with Crippen molar-refractivity contribution >= 4 is 24.5 Å². The summed E-state index contributed by atoms with van der Waals surface area (Å²) in [5, 5.41) is 29.3. The highest BCUT2D eigenvalue weighted by Crippen LogP contribution is 2.03. The lowest BCUT2D eigenvalue weighted by Crippen LogP contribution is -2.48. The van der Waals surface area contributed by atoms with Gasteiger partial charge in [0.05, 0.1) is 6.04 Å². The minimum Gasteiger partial charge on any atom is -0.480 e. The SMILES string of the molecule is C[C@H](N)C(=O)N[C@@H](Cc1ccc(B(O)O)cc1)C(=O)O. The average molecular weight is 280 g/mol. The predicted octanol–water partition coefficient (Wildman–Crippen LogP) is -2.17. The molecule has 0 spiro atoms. The molecule has 8 heteroatoms. The highest BCUT2D eigenvalue weighted by molar-refractivity contribution is 6.58. The molecule has 1 aromatic carbocycles. The molecule has 0 bridgehead atoms. The molecule has 0 radical (unpaired) electrons. The van der Waals surface area contributed by atoms with Crippen LogP contribution in [0.25, 0.3) is 0 Å². The van der Waals surface area contributed by atoms with E-state index in [0.29, 0.717) is 11.0 Å². The quantitative estimate of drug-likeness (QED) is 0.376. The van der Waals surface area contributed by atoms with Gasteiger partial charge in [-0.2, -0.15) is 0 Å². The van der Waals surface area contributed by atoms with Crippen molar-refractivity contribution in [3.8, 4) is 0 Å². The smallest absolute Gasteiger partial charge is 0.480 e. The zero-order valence-corrected chi connectivity index (χ0v) is 11.0. The zero-order chi connectivity index (χ0) is 15.3. The Kier molecular flexibility index (Phi) is 5.69. The summed E-state index contributed by atoms with van der Waals surface area (Å²) in [6.45, 7) is 1.46. The number of nitrogens with two attached hydrogens (primary N) is 1. The van der Waals surface area contributed by atoms with Crippen LogP contribution >= 0.6 is 0 Å². The number of amides is 1. The van der Waals surface area contributed by atoms with Gasteiger partial charge >= 0.3 is 13.1 Å². The first-order valence-corrected chi connectivity index (χ1v) is 6.05. The molecule has 108 valence electrons. The molecule has 0 aromatic heterocycles. The summed E-state index contributed by atoms with van der Waals surface area (Å²) in [7, 11) is -1.57. The zero-order valence-electron chi connectivity index (χ0n) is 11.0. The van der Waals surface area contributed by atoms with Crippen molar-refractivity contribution in [3.05, 3.63) is 29.8 Å². The van der Waals surface area contributed by atoms with E-state index in [-0.39, 0.29) is 6.42 Å². The minimum absolute atomic E-state index is 0.0790. The van der Waals surface area contributed by atoms with Crippen LogP contribution in [0.5, 0.6) is 0 Å². The Bertz CT molecular complexity index is 475. The lowest BCUT2D eigenvalue weighted by Gasteiger charge is -2.16. The fourth-order valence-electron chi connectivity index (χ4n) is 1.56. The fraction of sp³-hybridized carbons (Fsp3) is 0.333. The first kappa shape index (κ1) is 16.2. The third-order valence-electron chi connectivity index (χ3n) is 2.75. The Morgan fingerprint density at radius 3 is 2.25 bits per heavy atom. The number of carbonyl (C=O) groups excluding carboxylic acids is 1. The molecule has 0 unspecified atom stereocenters. The molecule has 0 aliphatic heterocycles. The summed E-state index contributed by atoms with van der Waals surface area (Å²) in [6, 6.07) is 4.23. The van der Waals surface area contributed by atoms with Gasteiger partial charge in [-0.25, -0.2) is 4.79 Å². The summed E-state index contributed by atoms with van der Waals surface area (Å²) >= 11 is 0. The summed E-state index contributed by atoms with van der Waals surface area (Å²) in [5.41, 5.74) is 6.32. The number of rotatable bonds is 6. The van der Waals surface area contributed by atoms with Crippen LogP contribution in [0, 0.1) is 0 Å². The van der Waals surface area contributed by atoms with Crippen molar-refractivity contribution in [3.63, 3.8) is 0 Å². The number of hydrogen-bond acceptors (Lipinski definition) is 5. The van der Waals surface area contributed by atoms with Crippen molar-refractivity contribution in [1.82, 2.24) is 5.32 Å². The summed E-state index contributed by atoms with van der Waals surface area (Å²) in [5.74, 6) is -1.70. The van der Waals surface area contributed by atoms with E-state index in [9.17, 15) is 9.59 Å². The normalized spacial score (nSPS) is 13.4. The fourth-order valence-corrected chi connectivity index (χ4v) is 1.56. The van der Waals surface area contributed by atoms with Gasteiger partial charge < -0.3 is 26.2 Å². The molecule has 0 aliphatic rings. The van der Waals surface area contributed by atoms with Gasteiger partial charge in [0, 0.05) is 6.42 Å². The number of carboxylic acid groups (broad SMARTS) is 1. The molecule has 0 saturated heterocycles. The Hall–Kier alpha value is -1.90. The van der Waals surface area contributed by atoms with E-state index in [4.69, 9.17) is 20.9 Å². The van der Waals surface area contributed by atoms with Gasteiger partial charge in [0.15, 0.2) is 0 Å². The van der Waals surface area contributed by atoms with E-state index in [1.165, 1.54) is 19.1 Å². The van der Waals surface area contributed by atoms with Crippen LogP contribution in [0.4, 0.5) is 0 Å². The van der Waals surface area contributed by atoms with E-state index < -0.39 is 31.1 Å². The molecule has 1 amide bonds. The van der Waals surface area contributed by atoms with Crippen LogP contribution in [0.2, 0.25) is 0 Å². The van der Waals surface area contributed by atoms with Gasteiger partial charge in [-0.3, -0.25) is 4.79 Å². The van der Waals surface area contributed by atoms with Crippen molar-refractivity contribution in [2.45, 2.75) is 25.4 Å². The number of carbonyl (C=O) groups is 2. The highest BCUT2D eigenvalue weighted by atomic mass is 16.4. The van der Waals surface area contributed by atoms with Gasteiger partial charge in [-0.15, -0.1) is 0 Å². The summed E-state index contributed by atoms with van der Waals surface area (Å²) in [4.78, 5) is 22.5. The van der Waals surface area contributed by atoms with E-state index in [1.807, 2.05) is 0 Å². The van der Waals surface area contributed by atoms with Crippen molar-refractivity contribution in [1.29, 1.82) is 0 Å². The summed E-state index contributed by atoms with van der Waals surface area (Å²) in [6.07, 6.45) is 0.0790. The Labute approximate surface area is 116 Å². The third-order valence-corrected chi connectivity index (χ3v) is 2.75. The Morgan fingerprint density at radius 2 is 1.85 bits per heavy atom. The van der Waals surface area contributed by atoms with Crippen molar-refractivity contribution < 1.29 is 24.7 Å². The molecule has 0 aliphatic carbocycles. The van der Waals surface area contributed by atoms with Crippen LogP contribution in [-0.4, -0.2) is 46.2 Å². The maximum Gasteiger partial charge on any atom is 0.488 e. The number of hydrogen-bond donors (Lipinski definition) is 5. The van der Waals surface area contributed by atoms with Crippen LogP contribution in [0.1, 0.15) is 12.5 Å². The molecule has 0 saturated carbocycles. The first-order valence-electron chi connectivity index (χ1n) is 6.05. The minimum atomic E-state index is -1.57. The van der Waals surface area contributed by atoms with Crippen LogP contribution in [-0.2, 0) is 16.0 Å². The van der Waals surface area contributed by atoms with E-state index >= 15 is 0 Å². The molecular weight excluding hydrogens is 263 g/mol. The van der Waals surface area contributed by atoms with Gasteiger partial charge in [-0.05, 0) is 17.9 Å². The van der Waals surface area contributed by atoms with Gasteiger partial charge in [0.25, 0.3) is 0 Å². The second-order valence-electron chi connectivity index (χ2n) is 4.51. The van der Waals surface area contributed by atoms with Crippen LogP contribution in [0.15, 0.2) is 24.3 Å². The molecule has 1 rings (SSSR count). The summed E-state index contributed by atoms with van der Waals surface area (Å²) < 4.78 is 0. The maximum absolute atomic E-state index is 11.4. The second kappa shape index (κ2) is 7.04. The largest absolute Gasteiger partial charge is 0.488 e. The molecule has 2 atom stereocenters. The Balaban J connectivity index is 2.75. The standard InChI is InChI=1S/C12H17BN2O5/c1-7(14)11(16)15-10(12(17)18)6-8-2-4-9(5-3-8)13(19)20/h2-5,7,10,19-20H,6,14H2,1H3,(H,15,16)(H,17,18)/t7-,10-/m0/s1. The van der Waals surface area contributed by atoms with E-state index in [0.717, 1.165) is 0 Å². The lowest BCUT2D eigenvalue weighted by molar-refractivity contribution is -0.141. The molecule has 0 fully saturated rings. The monoisotopic (exact) mass is 280 g/mol. The van der Waals surface area contributed by atoms with Crippen LogP contribution in [0.3, 0.4) is 0 Å². The topological polar surface area (TPSA) is 133 Å². The number of benzene rings is 1. The van der Waals surface area contributed by atoms with Gasteiger partial charge in [0.1, 0.15) is 6.04 Å². The first-order chi connectivity index (χ1) is 9.31. The molecule has 1 aromatic rings. The second-order valence-corrected chi connectivity index (χ2v) is 4.51. The number of aliphatic carboxylic acids is 1. The predicted molar refractivity (Wildman–Crippen MR) is 73.2 cm³/mol. The molecule has 6 N–H and O–H groups in total. The van der Waals surface area contributed by atoms with E-state index in [1.54, 1.807) is 12.1 Å². The third kappa shape index (κ3) is 4.65. The van der Waals surface area contributed by atoms with Crippen molar-refractivity contribution in [2.24, 2.45) is 5.73 Å². The molecule has 7 nitrogen and oxygen atoms in total. The Morgan fingerprint density at radius 1 is 1.30 bits per heavy atom. The van der Waals surface area contributed by atoms with E-state index in [2.05, 4.69) is 5.32 Å². The van der Waals surface area contributed by atoms with Crippen molar-refractivity contribution in [2.75, 3.05) is 0 Å².